The highest BCUT2D eigenvalue weighted by Gasteiger charge is 2.05. The van der Waals surface area contributed by atoms with Crippen LogP contribution in [0.5, 0.6) is 5.75 Å². The van der Waals surface area contributed by atoms with Crippen LogP contribution in [-0.2, 0) is 6.54 Å². The fourth-order valence-electron chi connectivity index (χ4n) is 1.38. The summed E-state index contributed by atoms with van der Waals surface area (Å²) in [4.78, 5) is 3.90. The Kier molecular flexibility index (Phi) is 3.44. The standard InChI is InChI=1S/C12H10ClFN2O/c13-11-5-4-9(7-16-11)15-6-8-2-1-3-10(14)12(8)17/h1-5,7,15,17H,6H2. The maximum Gasteiger partial charge on any atom is 0.165 e. The molecule has 5 heteroatoms. The van der Waals surface area contributed by atoms with Crippen molar-refractivity contribution in [3.63, 3.8) is 0 Å². The molecule has 2 rings (SSSR count). The highest BCUT2D eigenvalue weighted by Crippen LogP contribution is 2.21. The summed E-state index contributed by atoms with van der Waals surface area (Å²) in [6, 6.07) is 7.81. The minimum atomic E-state index is -0.626. The van der Waals surface area contributed by atoms with Crippen molar-refractivity contribution in [2.24, 2.45) is 0 Å². The van der Waals surface area contributed by atoms with Gasteiger partial charge in [0.2, 0.25) is 0 Å². The van der Waals surface area contributed by atoms with Gasteiger partial charge in [-0.2, -0.15) is 0 Å². The zero-order valence-electron chi connectivity index (χ0n) is 8.82. The molecule has 1 heterocycles. The molecular formula is C12H10ClFN2O. The van der Waals surface area contributed by atoms with Gasteiger partial charge in [-0.1, -0.05) is 23.7 Å². The number of rotatable bonds is 3. The molecule has 0 fully saturated rings. The lowest BCUT2D eigenvalue weighted by atomic mass is 10.2. The molecule has 0 aliphatic rings. The summed E-state index contributed by atoms with van der Waals surface area (Å²) >= 11 is 5.65. The van der Waals surface area contributed by atoms with Crippen LogP contribution in [0.25, 0.3) is 0 Å². The van der Waals surface area contributed by atoms with Crippen molar-refractivity contribution in [3.8, 4) is 5.75 Å². The number of para-hydroxylation sites is 1. The summed E-state index contributed by atoms with van der Waals surface area (Å²) in [6.07, 6.45) is 1.57. The Hall–Kier alpha value is -1.81. The average Bonchev–Trinajstić information content (AvgIpc) is 2.33. The smallest absolute Gasteiger partial charge is 0.165 e. The van der Waals surface area contributed by atoms with Crippen LogP contribution in [-0.4, -0.2) is 10.1 Å². The van der Waals surface area contributed by atoms with E-state index in [1.54, 1.807) is 30.5 Å². The van der Waals surface area contributed by atoms with Crippen molar-refractivity contribution >= 4 is 17.3 Å². The molecule has 0 bridgehead atoms. The van der Waals surface area contributed by atoms with Gasteiger partial charge in [0.05, 0.1) is 11.9 Å². The molecule has 0 saturated heterocycles. The molecule has 1 aromatic heterocycles. The first-order chi connectivity index (χ1) is 8.16. The average molecular weight is 253 g/mol. The second-order valence-electron chi connectivity index (χ2n) is 3.47. The number of pyridine rings is 1. The van der Waals surface area contributed by atoms with Gasteiger partial charge >= 0.3 is 0 Å². The summed E-state index contributed by atoms with van der Waals surface area (Å²) in [5, 5.41) is 12.9. The van der Waals surface area contributed by atoms with E-state index in [0.29, 0.717) is 17.3 Å². The van der Waals surface area contributed by atoms with Gasteiger partial charge in [-0.3, -0.25) is 0 Å². The quantitative estimate of drug-likeness (QED) is 0.825. The molecule has 0 unspecified atom stereocenters. The largest absolute Gasteiger partial charge is 0.505 e. The van der Waals surface area contributed by atoms with Crippen LogP contribution >= 0.6 is 11.6 Å². The number of hydrogen-bond donors (Lipinski definition) is 2. The third-order valence-corrected chi connectivity index (χ3v) is 2.50. The highest BCUT2D eigenvalue weighted by molar-refractivity contribution is 6.29. The monoisotopic (exact) mass is 252 g/mol. The number of aromatic hydroxyl groups is 1. The Labute approximate surface area is 103 Å². The normalized spacial score (nSPS) is 10.2. The van der Waals surface area contributed by atoms with Gasteiger partial charge in [-0.15, -0.1) is 0 Å². The van der Waals surface area contributed by atoms with E-state index < -0.39 is 5.82 Å². The van der Waals surface area contributed by atoms with E-state index in [2.05, 4.69) is 10.3 Å². The number of halogens is 2. The summed E-state index contributed by atoms with van der Waals surface area (Å²) in [6.45, 7) is 0.312. The molecule has 0 amide bonds. The molecule has 1 aromatic carbocycles. The molecule has 17 heavy (non-hydrogen) atoms. The van der Waals surface area contributed by atoms with E-state index in [1.807, 2.05) is 0 Å². The number of hydrogen-bond acceptors (Lipinski definition) is 3. The van der Waals surface area contributed by atoms with Gasteiger partial charge in [0, 0.05) is 12.1 Å². The van der Waals surface area contributed by atoms with Crippen molar-refractivity contribution in [3.05, 3.63) is 53.1 Å². The van der Waals surface area contributed by atoms with Gasteiger partial charge in [0.1, 0.15) is 5.15 Å². The Morgan fingerprint density at radius 3 is 2.82 bits per heavy atom. The molecule has 0 aliphatic carbocycles. The van der Waals surface area contributed by atoms with E-state index in [1.165, 1.54) is 6.07 Å². The Bertz CT molecular complexity index is 516. The predicted molar refractivity (Wildman–Crippen MR) is 64.6 cm³/mol. The maximum absolute atomic E-state index is 13.1. The third kappa shape index (κ3) is 2.85. The third-order valence-electron chi connectivity index (χ3n) is 2.28. The second-order valence-corrected chi connectivity index (χ2v) is 3.86. The molecule has 88 valence electrons. The fraction of sp³-hybridized carbons (Fsp3) is 0.0833. The van der Waals surface area contributed by atoms with Crippen molar-refractivity contribution < 1.29 is 9.50 Å². The van der Waals surface area contributed by atoms with Gasteiger partial charge in [0.15, 0.2) is 11.6 Å². The van der Waals surface area contributed by atoms with Crippen LogP contribution in [0.15, 0.2) is 36.5 Å². The van der Waals surface area contributed by atoms with Crippen LogP contribution in [0, 0.1) is 5.82 Å². The summed E-state index contributed by atoms with van der Waals surface area (Å²) in [5.41, 5.74) is 1.23. The minimum Gasteiger partial charge on any atom is -0.505 e. The highest BCUT2D eigenvalue weighted by atomic mass is 35.5. The van der Waals surface area contributed by atoms with Crippen LogP contribution in [0.2, 0.25) is 5.15 Å². The van der Waals surface area contributed by atoms with Crippen LogP contribution in [0.4, 0.5) is 10.1 Å². The number of nitrogens with zero attached hydrogens (tertiary/aromatic N) is 1. The minimum absolute atomic E-state index is 0.312. The van der Waals surface area contributed by atoms with Gasteiger partial charge in [-0.25, -0.2) is 9.37 Å². The van der Waals surface area contributed by atoms with E-state index in [4.69, 9.17) is 11.6 Å². The maximum atomic E-state index is 13.1. The van der Waals surface area contributed by atoms with E-state index >= 15 is 0 Å². The fourth-order valence-corrected chi connectivity index (χ4v) is 1.49. The van der Waals surface area contributed by atoms with Crippen molar-refractivity contribution in [2.75, 3.05) is 5.32 Å². The van der Waals surface area contributed by atoms with Crippen LogP contribution < -0.4 is 5.32 Å². The summed E-state index contributed by atoms with van der Waals surface area (Å²) in [5.74, 6) is -0.958. The summed E-state index contributed by atoms with van der Waals surface area (Å²) in [7, 11) is 0. The Balaban J connectivity index is 2.07. The lowest BCUT2D eigenvalue weighted by Gasteiger charge is -2.08. The second kappa shape index (κ2) is 5.01. The zero-order valence-corrected chi connectivity index (χ0v) is 9.58. The molecule has 0 spiro atoms. The SMILES string of the molecule is Oc1c(F)cccc1CNc1ccc(Cl)nc1. The molecule has 0 radical (unpaired) electrons. The number of phenolic OH excluding ortho intramolecular Hbond substituents is 1. The Morgan fingerprint density at radius 1 is 1.29 bits per heavy atom. The lowest BCUT2D eigenvalue weighted by molar-refractivity contribution is 0.427. The molecule has 3 nitrogen and oxygen atoms in total. The molecule has 0 aliphatic heterocycles. The first-order valence-corrected chi connectivity index (χ1v) is 5.36. The Morgan fingerprint density at radius 2 is 2.12 bits per heavy atom. The predicted octanol–water partition coefficient (Wildman–Crippen LogP) is 3.19. The molecule has 0 atom stereocenters. The van der Waals surface area contributed by atoms with E-state index in [-0.39, 0.29) is 5.75 Å². The summed E-state index contributed by atoms with van der Waals surface area (Å²) < 4.78 is 13.1. The van der Waals surface area contributed by atoms with Crippen LogP contribution in [0.3, 0.4) is 0 Å². The van der Waals surface area contributed by atoms with Crippen molar-refractivity contribution in [1.29, 1.82) is 0 Å². The topological polar surface area (TPSA) is 45.1 Å². The number of phenols is 1. The first-order valence-electron chi connectivity index (χ1n) is 4.98. The number of benzene rings is 1. The first kappa shape index (κ1) is 11.7. The van der Waals surface area contributed by atoms with Crippen molar-refractivity contribution in [1.82, 2.24) is 4.98 Å². The van der Waals surface area contributed by atoms with Gasteiger partial charge < -0.3 is 10.4 Å². The van der Waals surface area contributed by atoms with Gasteiger partial charge in [0.25, 0.3) is 0 Å². The molecular weight excluding hydrogens is 243 g/mol. The van der Waals surface area contributed by atoms with E-state index in [0.717, 1.165) is 5.69 Å². The number of anilines is 1. The van der Waals surface area contributed by atoms with Crippen molar-refractivity contribution in [2.45, 2.75) is 6.54 Å². The number of aromatic nitrogens is 1. The molecule has 2 aromatic rings. The molecule has 0 saturated carbocycles. The van der Waals surface area contributed by atoms with Gasteiger partial charge in [-0.05, 0) is 18.2 Å². The van der Waals surface area contributed by atoms with Crippen LogP contribution in [0.1, 0.15) is 5.56 Å². The lowest BCUT2D eigenvalue weighted by Crippen LogP contribution is -2.00. The zero-order chi connectivity index (χ0) is 12.3. The molecule has 2 N–H and O–H groups in total. The number of nitrogens with one attached hydrogen (secondary N) is 1. The van der Waals surface area contributed by atoms with E-state index in [9.17, 15) is 9.50 Å².